The molecule has 0 aromatic heterocycles. The molecule has 0 amide bonds. The monoisotopic (exact) mass is 267 g/mol. The van der Waals surface area contributed by atoms with E-state index in [9.17, 15) is 9.18 Å². The molecule has 19 heavy (non-hydrogen) atoms. The first-order valence-corrected chi connectivity index (χ1v) is 6.46. The van der Waals surface area contributed by atoms with Crippen molar-refractivity contribution in [2.24, 2.45) is 5.92 Å². The molecule has 1 aliphatic heterocycles. The second-order valence-corrected chi connectivity index (χ2v) is 4.88. The van der Waals surface area contributed by atoms with Crippen molar-refractivity contribution in [2.75, 3.05) is 26.2 Å². The highest BCUT2D eigenvalue weighted by Gasteiger charge is 2.22. The zero-order valence-electron chi connectivity index (χ0n) is 10.7. The number of likely N-dealkylation sites (tertiary alicyclic amines) is 1. The Balaban J connectivity index is 1.82. The molecule has 2 rings (SSSR count). The van der Waals surface area contributed by atoms with Crippen LogP contribution < -0.4 is 4.74 Å². The topological polar surface area (TPSA) is 49.8 Å². The minimum absolute atomic E-state index is 0.0657. The van der Waals surface area contributed by atoms with Crippen molar-refractivity contribution in [2.45, 2.75) is 12.8 Å². The number of carboxylic acids is 1. The summed E-state index contributed by atoms with van der Waals surface area (Å²) in [5.74, 6) is -0.651. The van der Waals surface area contributed by atoms with Crippen LogP contribution >= 0.6 is 0 Å². The van der Waals surface area contributed by atoms with E-state index in [4.69, 9.17) is 9.84 Å². The van der Waals surface area contributed by atoms with Crippen LogP contribution in [-0.4, -0.2) is 42.2 Å². The summed E-state index contributed by atoms with van der Waals surface area (Å²) in [6.45, 7) is 2.00. The predicted molar refractivity (Wildman–Crippen MR) is 68.7 cm³/mol. The van der Waals surface area contributed by atoms with Gasteiger partial charge in [-0.25, -0.2) is 4.39 Å². The molecule has 1 unspecified atom stereocenters. The Labute approximate surface area is 111 Å². The van der Waals surface area contributed by atoms with Crippen LogP contribution in [0.5, 0.6) is 5.75 Å². The molecule has 0 aliphatic carbocycles. The van der Waals surface area contributed by atoms with E-state index in [1.54, 1.807) is 18.2 Å². The first kappa shape index (κ1) is 13.8. The maximum atomic E-state index is 13.4. The number of para-hydroxylation sites is 1. The van der Waals surface area contributed by atoms with Crippen LogP contribution in [0.2, 0.25) is 0 Å². The molecular weight excluding hydrogens is 249 g/mol. The Morgan fingerprint density at radius 2 is 2.26 bits per heavy atom. The van der Waals surface area contributed by atoms with Crippen molar-refractivity contribution in [1.82, 2.24) is 4.90 Å². The number of nitrogens with zero attached hydrogens (tertiary/aromatic N) is 1. The number of ether oxygens (including phenoxy) is 1. The fraction of sp³-hybridized carbons (Fsp3) is 0.500. The lowest BCUT2D eigenvalue weighted by atomic mass is 9.99. The van der Waals surface area contributed by atoms with Crippen LogP contribution in [0.1, 0.15) is 12.8 Å². The van der Waals surface area contributed by atoms with Gasteiger partial charge in [0.15, 0.2) is 11.6 Å². The van der Waals surface area contributed by atoms with Crippen LogP contribution in [0, 0.1) is 11.7 Å². The number of carbonyl (C=O) groups is 1. The van der Waals surface area contributed by atoms with Gasteiger partial charge in [-0.15, -0.1) is 0 Å². The third kappa shape index (κ3) is 4.21. The minimum atomic E-state index is -0.810. The van der Waals surface area contributed by atoms with Crippen molar-refractivity contribution in [3.63, 3.8) is 0 Å². The van der Waals surface area contributed by atoms with E-state index in [1.165, 1.54) is 6.07 Å². The molecule has 1 aromatic rings. The Morgan fingerprint density at radius 1 is 1.47 bits per heavy atom. The lowest BCUT2D eigenvalue weighted by molar-refractivity contribution is -0.138. The van der Waals surface area contributed by atoms with Gasteiger partial charge in [0.2, 0.25) is 0 Å². The van der Waals surface area contributed by atoms with Gasteiger partial charge in [-0.1, -0.05) is 12.1 Å². The van der Waals surface area contributed by atoms with Gasteiger partial charge < -0.3 is 9.84 Å². The van der Waals surface area contributed by atoms with Gasteiger partial charge >= 0.3 is 5.97 Å². The first-order chi connectivity index (χ1) is 9.15. The van der Waals surface area contributed by atoms with Gasteiger partial charge in [0.1, 0.15) is 0 Å². The number of hydrogen-bond acceptors (Lipinski definition) is 3. The Morgan fingerprint density at radius 3 is 3.00 bits per heavy atom. The third-order valence-electron chi connectivity index (χ3n) is 3.27. The number of benzene rings is 1. The van der Waals surface area contributed by atoms with E-state index in [1.807, 2.05) is 4.90 Å². The van der Waals surface area contributed by atoms with E-state index in [-0.39, 0.29) is 24.0 Å². The lowest BCUT2D eigenvalue weighted by Crippen LogP contribution is -2.40. The molecular formula is C14H18FNO3. The number of piperidine rings is 1. The molecule has 104 valence electrons. The molecule has 4 nitrogen and oxygen atoms in total. The number of aliphatic carboxylic acids is 1. The Bertz CT molecular complexity index is 438. The Hall–Kier alpha value is -1.62. The molecule has 1 aliphatic rings. The van der Waals surface area contributed by atoms with Crippen molar-refractivity contribution in [3.8, 4) is 5.75 Å². The second-order valence-electron chi connectivity index (χ2n) is 4.88. The molecule has 1 N–H and O–H groups in total. The maximum absolute atomic E-state index is 13.4. The quantitative estimate of drug-likeness (QED) is 0.886. The van der Waals surface area contributed by atoms with Crippen LogP contribution in [0.25, 0.3) is 0 Å². The van der Waals surface area contributed by atoms with Crippen LogP contribution in [0.15, 0.2) is 24.3 Å². The highest BCUT2D eigenvalue weighted by molar-refractivity contribution is 5.69. The van der Waals surface area contributed by atoms with Gasteiger partial charge in [-0.05, 0) is 31.5 Å². The standard InChI is InChI=1S/C14H18FNO3/c15-12-5-1-2-6-13(12)19-10-11-4-3-7-16(8-11)9-14(17)18/h1-2,5-6,11H,3-4,7-10H2,(H,17,18). The first-order valence-electron chi connectivity index (χ1n) is 6.46. The minimum Gasteiger partial charge on any atom is -0.490 e. The van der Waals surface area contributed by atoms with Crippen LogP contribution in [0.4, 0.5) is 4.39 Å². The van der Waals surface area contributed by atoms with E-state index < -0.39 is 5.97 Å². The van der Waals surface area contributed by atoms with Crippen LogP contribution in [-0.2, 0) is 4.79 Å². The summed E-state index contributed by atoms with van der Waals surface area (Å²) in [6, 6.07) is 6.33. The fourth-order valence-electron chi connectivity index (χ4n) is 2.39. The van der Waals surface area contributed by atoms with Gasteiger partial charge in [-0.3, -0.25) is 9.69 Å². The lowest BCUT2D eigenvalue weighted by Gasteiger charge is -2.31. The van der Waals surface area contributed by atoms with Crippen molar-refractivity contribution in [3.05, 3.63) is 30.1 Å². The van der Waals surface area contributed by atoms with Gasteiger partial charge in [0.05, 0.1) is 13.2 Å². The third-order valence-corrected chi connectivity index (χ3v) is 3.27. The zero-order valence-corrected chi connectivity index (χ0v) is 10.7. The average Bonchev–Trinajstić information content (AvgIpc) is 2.37. The molecule has 1 saturated heterocycles. The Kier molecular flexibility index (Phi) is 4.74. The molecule has 1 fully saturated rings. The summed E-state index contributed by atoms with van der Waals surface area (Å²) < 4.78 is 18.9. The highest BCUT2D eigenvalue weighted by atomic mass is 19.1. The average molecular weight is 267 g/mol. The predicted octanol–water partition coefficient (Wildman–Crippen LogP) is 2.00. The number of rotatable bonds is 5. The number of hydrogen-bond donors (Lipinski definition) is 1. The van der Waals surface area contributed by atoms with E-state index >= 15 is 0 Å². The number of carboxylic acid groups (broad SMARTS) is 1. The van der Waals surface area contributed by atoms with Gasteiger partial charge in [-0.2, -0.15) is 0 Å². The summed E-state index contributed by atoms with van der Waals surface area (Å²) >= 11 is 0. The summed E-state index contributed by atoms with van der Waals surface area (Å²) in [7, 11) is 0. The zero-order chi connectivity index (χ0) is 13.7. The molecule has 0 bridgehead atoms. The second kappa shape index (κ2) is 6.52. The van der Waals surface area contributed by atoms with Crippen molar-refractivity contribution < 1.29 is 19.0 Å². The molecule has 5 heteroatoms. The van der Waals surface area contributed by atoms with Crippen molar-refractivity contribution in [1.29, 1.82) is 0 Å². The summed E-state index contributed by atoms with van der Waals surface area (Å²) in [5, 5.41) is 8.77. The molecule has 0 spiro atoms. The maximum Gasteiger partial charge on any atom is 0.317 e. The van der Waals surface area contributed by atoms with Gasteiger partial charge in [0.25, 0.3) is 0 Å². The normalized spacial score (nSPS) is 20.2. The largest absolute Gasteiger partial charge is 0.490 e. The SMILES string of the molecule is O=C(O)CN1CCCC(COc2ccccc2F)C1. The molecule has 1 atom stereocenters. The van der Waals surface area contributed by atoms with E-state index in [0.29, 0.717) is 13.2 Å². The molecule has 1 heterocycles. The van der Waals surface area contributed by atoms with E-state index in [2.05, 4.69) is 0 Å². The summed E-state index contributed by atoms with van der Waals surface area (Å²) in [4.78, 5) is 12.6. The summed E-state index contributed by atoms with van der Waals surface area (Å²) in [5.41, 5.74) is 0. The van der Waals surface area contributed by atoms with Crippen LogP contribution in [0.3, 0.4) is 0 Å². The highest BCUT2D eigenvalue weighted by Crippen LogP contribution is 2.20. The molecule has 0 saturated carbocycles. The van der Waals surface area contributed by atoms with Crippen molar-refractivity contribution >= 4 is 5.97 Å². The molecule has 1 aromatic carbocycles. The smallest absolute Gasteiger partial charge is 0.317 e. The molecule has 0 radical (unpaired) electrons. The fourth-order valence-corrected chi connectivity index (χ4v) is 2.39. The van der Waals surface area contributed by atoms with Gasteiger partial charge in [0, 0.05) is 12.5 Å². The van der Waals surface area contributed by atoms with E-state index in [0.717, 1.165) is 19.4 Å². The summed E-state index contributed by atoms with van der Waals surface area (Å²) in [6.07, 6.45) is 1.95. The number of halogens is 1.